The second kappa shape index (κ2) is 4.15. The minimum absolute atomic E-state index is 0.00685. The van der Waals surface area contributed by atoms with Crippen molar-refractivity contribution >= 4 is 5.97 Å². The van der Waals surface area contributed by atoms with Crippen LogP contribution in [0.4, 0.5) is 13.2 Å². The lowest BCUT2D eigenvalue weighted by Crippen LogP contribution is -2.11. The Balaban J connectivity index is 3.37. The first-order chi connectivity index (χ1) is 7.23. The van der Waals surface area contributed by atoms with Gasteiger partial charge in [-0.05, 0) is 29.7 Å². The molecule has 5 heteroatoms. The minimum Gasteiger partial charge on any atom is -0.478 e. The molecule has 0 aliphatic heterocycles. The fraction of sp³-hybridized carbons (Fsp3) is 0.364. The summed E-state index contributed by atoms with van der Waals surface area (Å²) in [4.78, 5) is 10.7. The van der Waals surface area contributed by atoms with Crippen LogP contribution in [0.3, 0.4) is 0 Å². The molecular weight excluding hydrogens is 221 g/mol. The fourth-order valence-corrected chi connectivity index (χ4v) is 1.43. The molecule has 0 spiro atoms. The van der Waals surface area contributed by atoms with Crippen LogP contribution in [0, 0.1) is 0 Å². The van der Waals surface area contributed by atoms with E-state index in [0.29, 0.717) is 0 Å². The van der Waals surface area contributed by atoms with Crippen molar-refractivity contribution in [3.8, 4) is 0 Å². The quantitative estimate of drug-likeness (QED) is 0.846. The maximum atomic E-state index is 12.6. The summed E-state index contributed by atoms with van der Waals surface area (Å²) >= 11 is 0. The van der Waals surface area contributed by atoms with Gasteiger partial charge in [-0.25, -0.2) is 4.79 Å². The maximum absolute atomic E-state index is 12.6. The van der Waals surface area contributed by atoms with E-state index in [2.05, 4.69) is 0 Å². The third-order valence-corrected chi connectivity index (χ3v) is 2.23. The molecule has 0 bridgehead atoms. The zero-order valence-electron chi connectivity index (χ0n) is 8.80. The third kappa shape index (κ3) is 2.53. The molecule has 16 heavy (non-hydrogen) atoms. The molecule has 0 aliphatic rings. The number of benzene rings is 1. The lowest BCUT2D eigenvalue weighted by atomic mass is 9.94. The second-order valence-electron chi connectivity index (χ2n) is 3.76. The van der Waals surface area contributed by atoms with Crippen LogP contribution in [0.5, 0.6) is 0 Å². The monoisotopic (exact) mass is 232 g/mol. The van der Waals surface area contributed by atoms with E-state index in [1.165, 1.54) is 0 Å². The molecule has 2 nitrogen and oxygen atoms in total. The molecule has 0 saturated heterocycles. The first-order valence-corrected chi connectivity index (χ1v) is 4.68. The van der Waals surface area contributed by atoms with E-state index >= 15 is 0 Å². The van der Waals surface area contributed by atoms with Crippen molar-refractivity contribution in [1.29, 1.82) is 0 Å². The number of hydrogen-bond donors (Lipinski definition) is 1. The molecule has 0 amide bonds. The van der Waals surface area contributed by atoms with E-state index in [4.69, 9.17) is 5.11 Å². The lowest BCUT2D eigenvalue weighted by Gasteiger charge is -2.15. The first kappa shape index (κ1) is 12.5. The molecule has 0 fully saturated rings. The zero-order valence-corrected chi connectivity index (χ0v) is 8.80. The van der Waals surface area contributed by atoms with Gasteiger partial charge in [0.15, 0.2) is 0 Å². The van der Waals surface area contributed by atoms with Crippen LogP contribution in [-0.4, -0.2) is 11.1 Å². The lowest BCUT2D eigenvalue weighted by molar-refractivity contribution is -0.138. The number of aromatic carboxylic acids is 1. The predicted octanol–water partition coefficient (Wildman–Crippen LogP) is 3.53. The topological polar surface area (TPSA) is 37.3 Å². The number of rotatable bonds is 2. The molecule has 1 rings (SSSR count). The van der Waals surface area contributed by atoms with Gasteiger partial charge in [0.2, 0.25) is 0 Å². The van der Waals surface area contributed by atoms with E-state index in [1.54, 1.807) is 13.8 Å². The molecule has 0 unspecified atom stereocenters. The molecule has 1 aromatic carbocycles. The Hall–Kier alpha value is -1.52. The van der Waals surface area contributed by atoms with E-state index in [0.717, 1.165) is 18.2 Å². The summed E-state index contributed by atoms with van der Waals surface area (Å²) in [5.74, 6) is -1.61. The first-order valence-electron chi connectivity index (χ1n) is 4.68. The summed E-state index contributed by atoms with van der Waals surface area (Å²) in [7, 11) is 0. The number of hydrogen-bond acceptors (Lipinski definition) is 1. The van der Waals surface area contributed by atoms with E-state index in [-0.39, 0.29) is 17.0 Å². The molecule has 0 saturated carbocycles. The van der Waals surface area contributed by atoms with Gasteiger partial charge < -0.3 is 5.11 Å². The molecule has 1 N–H and O–H groups in total. The summed E-state index contributed by atoms with van der Waals surface area (Å²) in [6, 6.07) is 2.87. The van der Waals surface area contributed by atoms with Crippen molar-refractivity contribution in [3.63, 3.8) is 0 Å². The van der Waals surface area contributed by atoms with Crippen LogP contribution in [0.1, 0.15) is 41.3 Å². The van der Waals surface area contributed by atoms with Crippen molar-refractivity contribution in [2.75, 3.05) is 0 Å². The van der Waals surface area contributed by atoms with Crippen molar-refractivity contribution in [1.82, 2.24) is 0 Å². The zero-order chi connectivity index (χ0) is 12.5. The summed E-state index contributed by atoms with van der Waals surface area (Å²) < 4.78 is 37.8. The molecule has 0 atom stereocenters. The SMILES string of the molecule is CC(C)c1cc(C(=O)O)ccc1C(F)(F)F. The van der Waals surface area contributed by atoms with E-state index in [1.807, 2.05) is 0 Å². The van der Waals surface area contributed by atoms with Gasteiger partial charge >= 0.3 is 12.1 Å². The summed E-state index contributed by atoms with van der Waals surface area (Å²) in [6.45, 7) is 3.19. The Morgan fingerprint density at radius 2 is 1.88 bits per heavy atom. The highest BCUT2D eigenvalue weighted by Gasteiger charge is 2.34. The Kier molecular flexibility index (Phi) is 3.26. The van der Waals surface area contributed by atoms with E-state index in [9.17, 15) is 18.0 Å². The van der Waals surface area contributed by atoms with Crippen LogP contribution in [0.25, 0.3) is 0 Å². The fourth-order valence-electron chi connectivity index (χ4n) is 1.43. The highest BCUT2D eigenvalue weighted by Crippen LogP contribution is 2.35. The average Bonchev–Trinajstić information content (AvgIpc) is 2.15. The van der Waals surface area contributed by atoms with Gasteiger partial charge in [0.1, 0.15) is 0 Å². The number of carboxylic acid groups (broad SMARTS) is 1. The molecular formula is C11H11F3O2. The average molecular weight is 232 g/mol. The maximum Gasteiger partial charge on any atom is 0.416 e. The number of alkyl halides is 3. The number of halogens is 3. The number of carboxylic acids is 1. The summed E-state index contributed by atoms with van der Waals surface area (Å²) in [5, 5.41) is 8.70. The van der Waals surface area contributed by atoms with Crippen molar-refractivity contribution in [2.45, 2.75) is 25.9 Å². The largest absolute Gasteiger partial charge is 0.478 e. The minimum atomic E-state index is -4.45. The van der Waals surface area contributed by atoms with Crippen LogP contribution < -0.4 is 0 Å². The Morgan fingerprint density at radius 1 is 1.31 bits per heavy atom. The number of carbonyl (C=O) groups is 1. The van der Waals surface area contributed by atoms with Gasteiger partial charge in [-0.3, -0.25) is 0 Å². The molecule has 1 aromatic rings. The van der Waals surface area contributed by atoms with Crippen molar-refractivity contribution < 1.29 is 23.1 Å². The van der Waals surface area contributed by atoms with Gasteiger partial charge in [-0.15, -0.1) is 0 Å². The Morgan fingerprint density at radius 3 is 2.25 bits per heavy atom. The predicted molar refractivity (Wildman–Crippen MR) is 52.5 cm³/mol. The van der Waals surface area contributed by atoms with Crippen LogP contribution in [0.15, 0.2) is 18.2 Å². The Bertz CT molecular complexity index is 408. The molecule has 0 heterocycles. The van der Waals surface area contributed by atoms with Crippen LogP contribution >= 0.6 is 0 Å². The summed E-state index contributed by atoms with van der Waals surface area (Å²) in [6.07, 6.45) is -4.45. The standard InChI is InChI=1S/C11H11F3O2/c1-6(2)8-5-7(10(15)16)3-4-9(8)11(12,13)14/h3-6H,1-2H3,(H,15,16). The van der Waals surface area contributed by atoms with Crippen LogP contribution in [0.2, 0.25) is 0 Å². The molecule has 0 aliphatic carbocycles. The molecule has 0 radical (unpaired) electrons. The second-order valence-corrected chi connectivity index (χ2v) is 3.76. The highest BCUT2D eigenvalue weighted by atomic mass is 19.4. The van der Waals surface area contributed by atoms with Gasteiger partial charge in [-0.2, -0.15) is 13.2 Å². The highest BCUT2D eigenvalue weighted by molar-refractivity contribution is 5.88. The van der Waals surface area contributed by atoms with Crippen molar-refractivity contribution in [3.05, 3.63) is 34.9 Å². The Labute approximate surface area is 90.7 Å². The summed E-state index contributed by atoms with van der Waals surface area (Å²) in [5.41, 5.74) is -0.892. The van der Waals surface area contributed by atoms with Gasteiger partial charge in [0.25, 0.3) is 0 Å². The third-order valence-electron chi connectivity index (χ3n) is 2.23. The molecule has 88 valence electrons. The van der Waals surface area contributed by atoms with Gasteiger partial charge in [-0.1, -0.05) is 13.8 Å². The van der Waals surface area contributed by atoms with Crippen molar-refractivity contribution in [2.24, 2.45) is 0 Å². The van der Waals surface area contributed by atoms with Crippen LogP contribution in [-0.2, 0) is 6.18 Å². The van der Waals surface area contributed by atoms with Gasteiger partial charge in [0.05, 0.1) is 11.1 Å². The molecule has 0 aromatic heterocycles. The van der Waals surface area contributed by atoms with E-state index < -0.39 is 17.7 Å². The smallest absolute Gasteiger partial charge is 0.416 e. The normalized spacial score (nSPS) is 11.9. The van der Waals surface area contributed by atoms with Gasteiger partial charge in [0, 0.05) is 0 Å².